The summed E-state index contributed by atoms with van der Waals surface area (Å²) in [6.07, 6.45) is 10.8. The van der Waals surface area contributed by atoms with Crippen molar-refractivity contribution >= 4 is 5.97 Å². The van der Waals surface area contributed by atoms with Gasteiger partial charge < -0.3 is 15.3 Å². The van der Waals surface area contributed by atoms with Gasteiger partial charge in [0.05, 0.1) is 0 Å². The molecule has 9 atom stereocenters. The van der Waals surface area contributed by atoms with Crippen LogP contribution in [0.5, 0.6) is 0 Å². The van der Waals surface area contributed by atoms with Gasteiger partial charge in [0.25, 0.3) is 0 Å². The summed E-state index contributed by atoms with van der Waals surface area (Å²) in [5.74, 6) is 1.52. The number of aliphatic carboxylic acids is 1. The minimum absolute atomic E-state index is 0.277. The van der Waals surface area contributed by atoms with Crippen LogP contribution in [0, 0.1) is 52.3 Å². The topological polar surface area (TPSA) is 77.8 Å². The van der Waals surface area contributed by atoms with E-state index in [2.05, 4.69) is 27.7 Å². The molecular formula is C26H44O4. The molecule has 4 saturated carbocycles. The highest BCUT2D eigenvalue weighted by molar-refractivity contribution is 5.66. The van der Waals surface area contributed by atoms with Crippen molar-refractivity contribution in [2.24, 2.45) is 52.3 Å². The summed E-state index contributed by atoms with van der Waals surface area (Å²) in [5, 5.41) is 31.6. The maximum atomic E-state index is 11.2. The third-order valence-electron chi connectivity index (χ3n) is 11.1. The van der Waals surface area contributed by atoms with E-state index in [1.165, 1.54) is 19.3 Å². The number of hydrogen-bond acceptors (Lipinski definition) is 3. The van der Waals surface area contributed by atoms with E-state index in [1.54, 1.807) is 0 Å². The van der Waals surface area contributed by atoms with Crippen LogP contribution in [0.15, 0.2) is 0 Å². The van der Waals surface area contributed by atoms with Crippen LogP contribution in [-0.4, -0.2) is 27.1 Å². The number of hydrogen-bond donors (Lipinski definition) is 3. The highest BCUT2D eigenvalue weighted by Gasteiger charge is 2.67. The molecule has 172 valence electrons. The van der Waals surface area contributed by atoms with Crippen molar-refractivity contribution in [2.45, 2.75) is 104 Å². The molecule has 0 saturated heterocycles. The first-order valence-electron chi connectivity index (χ1n) is 12.7. The monoisotopic (exact) mass is 420 g/mol. The molecule has 0 radical (unpaired) electrons. The minimum atomic E-state index is -1.53. The quantitative estimate of drug-likeness (QED) is 0.516. The molecule has 0 unspecified atom stereocenters. The maximum Gasteiger partial charge on any atom is 0.303 e. The van der Waals surface area contributed by atoms with Gasteiger partial charge in [0.15, 0.2) is 5.79 Å². The van der Waals surface area contributed by atoms with Crippen LogP contribution in [-0.2, 0) is 4.79 Å². The normalized spacial score (nSPS) is 48.3. The summed E-state index contributed by atoms with van der Waals surface area (Å²) >= 11 is 0. The van der Waals surface area contributed by atoms with Crippen molar-refractivity contribution in [2.75, 3.05) is 0 Å². The molecule has 4 nitrogen and oxygen atoms in total. The minimum Gasteiger partial charge on any atom is -0.481 e. The Bertz CT molecular complexity index is 659. The Morgan fingerprint density at radius 2 is 1.77 bits per heavy atom. The molecule has 0 bridgehead atoms. The summed E-state index contributed by atoms with van der Waals surface area (Å²) in [6.45, 7) is 9.28. The van der Waals surface area contributed by atoms with E-state index in [1.807, 2.05) is 0 Å². The Kier molecular flexibility index (Phi) is 5.84. The zero-order valence-electron chi connectivity index (χ0n) is 19.6. The van der Waals surface area contributed by atoms with E-state index < -0.39 is 11.8 Å². The third kappa shape index (κ3) is 3.18. The van der Waals surface area contributed by atoms with Gasteiger partial charge in [0.1, 0.15) is 0 Å². The second-order valence-corrected chi connectivity index (χ2v) is 12.0. The van der Waals surface area contributed by atoms with Gasteiger partial charge in [-0.15, -0.1) is 0 Å². The zero-order chi connectivity index (χ0) is 21.9. The van der Waals surface area contributed by atoms with Crippen molar-refractivity contribution in [3.05, 3.63) is 0 Å². The lowest BCUT2D eigenvalue weighted by Gasteiger charge is -2.65. The summed E-state index contributed by atoms with van der Waals surface area (Å²) in [7, 11) is 0. The van der Waals surface area contributed by atoms with Gasteiger partial charge in [-0.3, -0.25) is 4.79 Å². The molecule has 4 fully saturated rings. The largest absolute Gasteiger partial charge is 0.481 e. The fourth-order valence-corrected chi connectivity index (χ4v) is 9.59. The number of carboxylic acid groups (broad SMARTS) is 1. The number of aliphatic hydroxyl groups is 2. The van der Waals surface area contributed by atoms with Gasteiger partial charge in [-0.05, 0) is 98.2 Å². The molecule has 0 aromatic heterocycles. The van der Waals surface area contributed by atoms with Crippen LogP contribution in [0.25, 0.3) is 0 Å². The Morgan fingerprint density at radius 1 is 1.03 bits per heavy atom. The predicted octanol–water partition coefficient (Wildman–Crippen LogP) is 5.46. The summed E-state index contributed by atoms with van der Waals surface area (Å²) in [5.41, 5.74) is -0.105. The SMILES string of the molecule is CC[C@H]1C[C@H]2[C@@H]3CC[C@H]([C@H](C)CCC(=O)O)[C@@]3(C)CC[C@@H]2[C@]2(C)[C@H]1CCCC2(O)O. The molecule has 30 heavy (non-hydrogen) atoms. The Labute approximate surface area is 182 Å². The van der Waals surface area contributed by atoms with E-state index in [9.17, 15) is 15.0 Å². The van der Waals surface area contributed by atoms with Crippen LogP contribution in [0.4, 0.5) is 0 Å². The third-order valence-corrected chi connectivity index (χ3v) is 11.1. The summed E-state index contributed by atoms with van der Waals surface area (Å²) < 4.78 is 0. The highest BCUT2D eigenvalue weighted by atomic mass is 16.5. The van der Waals surface area contributed by atoms with Crippen molar-refractivity contribution in [1.29, 1.82) is 0 Å². The van der Waals surface area contributed by atoms with E-state index in [4.69, 9.17) is 5.11 Å². The van der Waals surface area contributed by atoms with E-state index >= 15 is 0 Å². The predicted molar refractivity (Wildman–Crippen MR) is 118 cm³/mol. The van der Waals surface area contributed by atoms with Gasteiger partial charge in [0, 0.05) is 18.3 Å². The van der Waals surface area contributed by atoms with Crippen LogP contribution < -0.4 is 0 Å². The van der Waals surface area contributed by atoms with E-state index in [0.29, 0.717) is 47.8 Å². The number of carbonyl (C=O) groups is 1. The maximum absolute atomic E-state index is 11.2. The lowest BCUT2D eigenvalue weighted by molar-refractivity contribution is -0.321. The number of rotatable bonds is 5. The molecule has 0 aliphatic heterocycles. The molecule has 3 N–H and O–H groups in total. The second-order valence-electron chi connectivity index (χ2n) is 12.0. The van der Waals surface area contributed by atoms with Crippen LogP contribution in [0.2, 0.25) is 0 Å². The molecule has 0 amide bonds. The fraction of sp³-hybridized carbons (Fsp3) is 0.962. The van der Waals surface area contributed by atoms with Crippen molar-refractivity contribution in [1.82, 2.24) is 0 Å². The molecule has 4 heteroatoms. The lowest BCUT2D eigenvalue weighted by Crippen LogP contribution is -2.65. The molecule has 0 heterocycles. The van der Waals surface area contributed by atoms with Crippen LogP contribution in [0.3, 0.4) is 0 Å². The van der Waals surface area contributed by atoms with E-state index in [-0.39, 0.29) is 17.3 Å². The van der Waals surface area contributed by atoms with Gasteiger partial charge in [-0.1, -0.05) is 34.1 Å². The van der Waals surface area contributed by atoms with E-state index in [0.717, 1.165) is 38.5 Å². The van der Waals surface area contributed by atoms with Crippen LogP contribution >= 0.6 is 0 Å². The lowest BCUT2D eigenvalue weighted by atomic mass is 9.41. The number of carboxylic acids is 1. The standard InChI is InChI=1S/C26H44O4/c1-5-17-15-18-21-10-9-19(16(2)8-11-23(27)28)24(21,3)14-12-22(18)25(4)20(17)7-6-13-26(25,29)30/h16-22,29-30H,5-15H2,1-4H3,(H,27,28)/t16-,17+,18+,19-,20+,21+,22+,24-,25+/m1/s1. The molecule has 4 rings (SSSR count). The fourth-order valence-electron chi connectivity index (χ4n) is 9.59. The smallest absolute Gasteiger partial charge is 0.303 e. The Morgan fingerprint density at radius 3 is 2.43 bits per heavy atom. The Hall–Kier alpha value is -0.610. The molecule has 0 aromatic carbocycles. The van der Waals surface area contributed by atoms with Gasteiger partial charge in [0.2, 0.25) is 0 Å². The van der Waals surface area contributed by atoms with Gasteiger partial charge in [-0.2, -0.15) is 0 Å². The van der Waals surface area contributed by atoms with Gasteiger partial charge >= 0.3 is 5.97 Å². The summed E-state index contributed by atoms with van der Waals surface area (Å²) in [4.78, 5) is 11.1. The second kappa shape index (κ2) is 7.76. The first-order chi connectivity index (χ1) is 14.1. The highest BCUT2D eigenvalue weighted by Crippen LogP contribution is 2.70. The summed E-state index contributed by atoms with van der Waals surface area (Å²) in [6, 6.07) is 0. The first-order valence-corrected chi connectivity index (χ1v) is 12.7. The molecule has 4 aliphatic carbocycles. The van der Waals surface area contributed by atoms with Crippen LogP contribution in [0.1, 0.15) is 98.3 Å². The average molecular weight is 421 g/mol. The first kappa shape index (κ1) is 22.6. The Balaban J connectivity index is 1.62. The number of fused-ring (bicyclic) bond motifs is 5. The van der Waals surface area contributed by atoms with Gasteiger partial charge in [-0.25, -0.2) is 0 Å². The average Bonchev–Trinajstić information content (AvgIpc) is 3.04. The molecule has 0 spiro atoms. The van der Waals surface area contributed by atoms with Crippen molar-refractivity contribution in [3.8, 4) is 0 Å². The zero-order valence-corrected chi connectivity index (χ0v) is 19.6. The molecule has 0 aromatic rings. The van der Waals surface area contributed by atoms with Crippen molar-refractivity contribution in [3.63, 3.8) is 0 Å². The van der Waals surface area contributed by atoms with Crippen molar-refractivity contribution < 1.29 is 20.1 Å². The molecular weight excluding hydrogens is 376 g/mol. The molecule has 4 aliphatic rings.